The van der Waals surface area contributed by atoms with Gasteiger partial charge in [-0.3, -0.25) is 4.40 Å². The van der Waals surface area contributed by atoms with Crippen LogP contribution in [0.5, 0.6) is 0 Å². The van der Waals surface area contributed by atoms with Gasteiger partial charge in [-0.2, -0.15) is 0 Å². The Bertz CT molecular complexity index is 1080. The fourth-order valence-electron chi connectivity index (χ4n) is 3.01. The first-order valence-electron chi connectivity index (χ1n) is 8.04. The van der Waals surface area contributed by atoms with E-state index in [0.29, 0.717) is 5.92 Å². The van der Waals surface area contributed by atoms with E-state index in [9.17, 15) is 0 Å². The molecule has 0 radical (unpaired) electrons. The van der Waals surface area contributed by atoms with E-state index in [0.717, 1.165) is 43.2 Å². The number of hydrogen-bond donors (Lipinski definition) is 1. The zero-order valence-corrected chi connectivity index (χ0v) is 16.2. The van der Waals surface area contributed by atoms with Gasteiger partial charge < -0.3 is 4.98 Å². The van der Waals surface area contributed by atoms with Crippen LogP contribution in [-0.2, 0) is 0 Å². The van der Waals surface area contributed by atoms with Crippen molar-refractivity contribution in [2.24, 2.45) is 0 Å². The highest BCUT2D eigenvalue weighted by atomic mass is 79.9. The number of nitrogens with zero attached hydrogens (tertiary/aromatic N) is 4. The maximum Gasteiger partial charge on any atom is 0.170 e. The van der Waals surface area contributed by atoms with Crippen molar-refractivity contribution in [1.82, 2.24) is 24.3 Å². The quantitative estimate of drug-likeness (QED) is 0.459. The Morgan fingerprint density at radius 1 is 1.00 bits per heavy atom. The predicted molar refractivity (Wildman–Crippen MR) is 103 cm³/mol. The van der Waals surface area contributed by atoms with E-state index < -0.39 is 0 Å². The van der Waals surface area contributed by atoms with Gasteiger partial charge >= 0.3 is 0 Å². The number of benzene rings is 1. The van der Waals surface area contributed by atoms with Crippen molar-refractivity contribution in [2.75, 3.05) is 0 Å². The van der Waals surface area contributed by atoms with Crippen molar-refractivity contribution in [2.45, 2.75) is 18.8 Å². The first kappa shape index (κ1) is 15.3. The molecule has 3 aromatic heterocycles. The summed E-state index contributed by atoms with van der Waals surface area (Å²) in [6.07, 6.45) is 8.22. The minimum atomic E-state index is 0.636. The first-order chi connectivity index (χ1) is 12.2. The number of nitrogens with one attached hydrogen (secondary N) is 1. The molecule has 5 rings (SSSR count). The van der Waals surface area contributed by atoms with Gasteiger partial charge in [0.2, 0.25) is 0 Å². The lowest BCUT2D eigenvalue weighted by atomic mass is 10.1. The second-order valence-corrected chi connectivity index (χ2v) is 7.79. The molecule has 1 aliphatic rings. The molecule has 0 amide bonds. The standard InChI is InChI=1S/C18H13Br2N5/c19-15-9-25-14(8-22-18(25)16(20)24-15)11-3-1-10(2-4-11)13-7-21-17(23-13)12-5-6-12/h1-4,7-9,12H,5-6H2,(H,21,23). The van der Waals surface area contributed by atoms with Crippen LogP contribution in [0.2, 0.25) is 0 Å². The Kier molecular flexibility index (Phi) is 3.53. The molecule has 1 N–H and O–H groups in total. The summed E-state index contributed by atoms with van der Waals surface area (Å²) in [6.45, 7) is 0. The molecule has 124 valence electrons. The molecule has 5 nitrogen and oxygen atoms in total. The molecular weight excluding hydrogens is 446 g/mol. The number of rotatable bonds is 3. The monoisotopic (exact) mass is 457 g/mol. The molecule has 3 heterocycles. The lowest BCUT2D eigenvalue weighted by Gasteiger charge is -2.05. The van der Waals surface area contributed by atoms with Crippen LogP contribution in [0.25, 0.3) is 28.2 Å². The van der Waals surface area contributed by atoms with Crippen LogP contribution in [0.3, 0.4) is 0 Å². The van der Waals surface area contributed by atoms with E-state index in [-0.39, 0.29) is 0 Å². The molecule has 0 atom stereocenters. The first-order valence-corrected chi connectivity index (χ1v) is 9.62. The van der Waals surface area contributed by atoms with E-state index in [4.69, 9.17) is 0 Å². The largest absolute Gasteiger partial charge is 0.342 e. The summed E-state index contributed by atoms with van der Waals surface area (Å²) in [6, 6.07) is 8.45. The Balaban J connectivity index is 1.52. The van der Waals surface area contributed by atoms with Crippen molar-refractivity contribution < 1.29 is 0 Å². The summed E-state index contributed by atoms with van der Waals surface area (Å²) in [4.78, 5) is 16.7. The molecule has 1 aromatic carbocycles. The van der Waals surface area contributed by atoms with E-state index in [2.05, 4.69) is 76.1 Å². The summed E-state index contributed by atoms with van der Waals surface area (Å²) < 4.78 is 3.50. The molecule has 1 aliphatic carbocycles. The lowest BCUT2D eigenvalue weighted by Crippen LogP contribution is -1.92. The summed E-state index contributed by atoms with van der Waals surface area (Å²) in [7, 11) is 0. The Morgan fingerprint density at radius 3 is 2.52 bits per heavy atom. The molecule has 0 bridgehead atoms. The molecule has 4 aromatic rings. The van der Waals surface area contributed by atoms with Gasteiger partial charge in [-0.1, -0.05) is 24.3 Å². The van der Waals surface area contributed by atoms with E-state index >= 15 is 0 Å². The van der Waals surface area contributed by atoms with Crippen molar-refractivity contribution in [3.63, 3.8) is 0 Å². The highest BCUT2D eigenvalue weighted by molar-refractivity contribution is 9.11. The fraction of sp³-hybridized carbons (Fsp3) is 0.167. The van der Waals surface area contributed by atoms with Gasteiger partial charge in [-0.05, 0) is 50.3 Å². The minimum Gasteiger partial charge on any atom is -0.342 e. The van der Waals surface area contributed by atoms with Gasteiger partial charge in [0.05, 0.1) is 23.8 Å². The van der Waals surface area contributed by atoms with Gasteiger partial charge in [0.1, 0.15) is 10.4 Å². The second kappa shape index (κ2) is 5.78. The number of fused-ring (bicyclic) bond motifs is 1. The maximum absolute atomic E-state index is 4.50. The van der Waals surface area contributed by atoms with E-state index in [1.807, 2.05) is 23.0 Å². The molecule has 0 saturated heterocycles. The summed E-state index contributed by atoms with van der Waals surface area (Å²) >= 11 is 6.89. The third kappa shape index (κ3) is 2.71. The van der Waals surface area contributed by atoms with Crippen LogP contribution in [0.1, 0.15) is 24.6 Å². The van der Waals surface area contributed by atoms with Gasteiger partial charge in [0.15, 0.2) is 10.3 Å². The van der Waals surface area contributed by atoms with E-state index in [1.165, 1.54) is 12.8 Å². The van der Waals surface area contributed by atoms with Crippen molar-refractivity contribution >= 4 is 37.5 Å². The number of aromatic nitrogens is 5. The predicted octanol–water partition coefficient (Wildman–Crippen LogP) is 5.19. The Morgan fingerprint density at radius 2 is 1.76 bits per heavy atom. The number of halogens is 2. The fourth-order valence-corrected chi connectivity index (χ4v) is 4.11. The number of aromatic amines is 1. The highest BCUT2D eigenvalue weighted by Gasteiger charge is 2.26. The van der Waals surface area contributed by atoms with Crippen LogP contribution < -0.4 is 0 Å². The Hall–Kier alpha value is -1.99. The summed E-state index contributed by atoms with van der Waals surface area (Å²) in [5.74, 6) is 1.75. The molecule has 1 saturated carbocycles. The van der Waals surface area contributed by atoms with Gasteiger partial charge in [-0.15, -0.1) is 0 Å². The number of imidazole rings is 2. The third-order valence-electron chi connectivity index (χ3n) is 4.47. The van der Waals surface area contributed by atoms with Crippen LogP contribution >= 0.6 is 31.9 Å². The van der Waals surface area contributed by atoms with Gasteiger partial charge in [-0.25, -0.2) is 15.0 Å². The SMILES string of the molecule is Brc1cn2c(-c3ccc(-c4cnc(C5CC5)[nH]4)cc3)cnc2c(Br)n1. The molecule has 0 unspecified atom stereocenters. The molecule has 7 heteroatoms. The zero-order valence-electron chi connectivity index (χ0n) is 13.1. The van der Waals surface area contributed by atoms with Crippen LogP contribution in [0.4, 0.5) is 0 Å². The van der Waals surface area contributed by atoms with Crippen LogP contribution in [0, 0.1) is 0 Å². The van der Waals surface area contributed by atoms with Crippen molar-refractivity contribution in [3.05, 3.63) is 57.9 Å². The van der Waals surface area contributed by atoms with Crippen LogP contribution in [-0.4, -0.2) is 24.3 Å². The summed E-state index contributed by atoms with van der Waals surface area (Å²) in [5.41, 5.74) is 5.13. The van der Waals surface area contributed by atoms with Crippen molar-refractivity contribution in [3.8, 4) is 22.5 Å². The van der Waals surface area contributed by atoms with Gasteiger partial charge in [0.25, 0.3) is 0 Å². The maximum atomic E-state index is 4.50. The second-order valence-electron chi connectivity index (χ2n) is 6.23. The number of hydrogen-bond acceptors (Lipinski definition) is 3. The van der Waals surface area contributed by atoms with Gasteiger partial charge in [0, 0.05) is 17.7 Å². The normalized spacial score (nSPS) is 14.3. The summed E-state index contributed by atoms with van der Waals surface area (Å²) in [5, 5.41) is 0. The molecular formula is C18H13Br2N5. The lowest BCUT2D eigenvalue weighted by molar-refractivity contribution is 0.977. The Labute approximate surface area is 160 Å². The highest BCUT2D eigenvalue weighted by Crippen LogP contribution is 2.39. The minimum absolute atomic E-state index is 0.636. The van der Waals surface area contributed by atoms with E-state index in [1.54, 1.807) is 0 Å². The molecule has 25 heavy (non-hydrogen) atoms. The smallest absolute Gasteiger partial charge is 0.170 e. The zero-order chi connectivity index (χ0) is 17.0. The molecule has 1 fully saturated rings. The topological polar surface area (TPSA) is 58.9 Å². The average molecular weight is 459 g/mol. The molecule has 0 aliphatic heterocycles. The average Bonchev–Trinajstić information content (AvgIpc) is 3.18. The van der Waals surface area contributed by atoms with Crippen LogP contribution in [0.15, 0.2) is 52.1 Å². The third-order valence-corrected chi connectivity index (χ3v) is 5.39. The molecule has 0 spiro atoms. The number of H-pyrrole nitrogens is 1. The van der Waals surface area contributed by atoms with Crippen molar-refractivity contribution in [1.29, 1.82) is 0 Å².